The summed E-state index contributed by atoms with van der Waals surface area (Å²) in [5, 5.41) is 0. The normalized spacial score (nSPS) is 19.9. The summed E-state index contributed by atoms with van der Waals surface area (Å²) in [5.41, 5.74) is 6.27. The predicted molar refractivity (Wildman–Crippen MR) is 85.3 cm³/mol. The van der Waals surface area contributed by atoms with Crippen molar-refractivity contribution in [2.45, 2.75) is 44.6 Å². The molecule has 0 aliphatic carbocycles. The summed E-state index contributed by atoms with van der Waals surface area (Å²) < 4.78 is 0.996. The van der Waals surface area contributed by atoms with E-state index in [1.807, 2.05) is 36.1 Å². The summed E-state index contributed by atoms with van der Waals surface area (Å²) >= 11 is 3.41. The molecule has 1 saturated heterocycles. The molecule has 1 aromatic carbocycles. The molecule has 0 radical (unpaired) electrons. The lowest BCUT2D eigenvalue weighted by molar-refractivity contribution is -0.137. The van der Waals surface area contributed by atoms with E-state index in [4.69, 9.17) is 5.73 Å². The molecule has 0 saturated carbocycles. The Morgan fingerprint density at radius 2 is 1.60 bits per heavy atom. The topological polar surface area (TPSA) is 46.3 Å². The lowest BCUT2D eigenvalue weighted by Gasteiger charge is -2.33. The zero-order valence-corrected chi connectivity index (χ0v) is 13.7. The molecule has 1 amide bonds. The van der Waals surface area contributed by atoms with Gasteiger partial charge in [-0.1, -0.05) is 47.3 Å². The first-order valence-electron chi connectivity index (χ1n) is 7.36. The molecule has 0 bridgehead atoms. The van der Waals surface area contributed by atoms with E-state index in [1.165, 1.54) is 19.3 Å². The zero-order chi connectivity index (χ0) is 14.6. The molecule has 4 heteroatoms. The van der Waals surface area contributed by atoms with Gasteiger partial charge in [0.25, 0.3) is 0 Å². The summed E-state index contributed by atoms with van der Waals surface area (Å²) in [6.07, 6.45) is 5.88. The second kappa shape index (κ2) is 6.72. The predicted octanol–water partition coefficient (Wildman–Crippen LogP) is 3.42. The Balaban J connectivity index is 2.14. The van der Waals surface area contributed by atoms with Crippen molar-refractivity contribution in [1.29, 1.82) is 0 Å². The monoisotopic (exact) mass is 338 g/mol. The van der Waals surface area contributed by atoms with E-state index < -0.39 is 5.54 Å². The van der Waals surface area contributed by atoms with Crippen LogP contribution in [-0.2, 0) is 10.3 Å². The Morgan fingerprint density at radius 1 is 1.10 bits per heavy atom. The largest absolute Gasteiger partial charge is 0.341 e. The van der Waals surface area contributed by atoms with Crippen molar-refractivity contribution < 1.29 is 4.79 Å². The van der Waals surface area contributed by atoms with Crippen molar-refractivity contribution in [2.75, 3.05) is 13.1 Å². The van der Waals surface area contributed by atoms with Gasteiger partial charge in [-0.05, 0) is 37.5 Å². The molecular weight excluding hydrogens is 316 g/mol. The number of rotatable bonds is 2. The minimum absolute atomic E-state index is 0.0433. The fourth-order valence-corrected chi connectivity index (χ4v) is 2.96. The van der Waals surface area contributed by atoms with E-state index in [-0.39, 0.29) is 5.91 Å². The summed E-state index contributed by atoms with van der Waals surface area (Å²) in [4.78, 5) is 14.7. The van der Waals surface area contributed by atoms with Crippen LogP contribution in [0.5, 0.6) is 0 Å². The molecule has 0 aromatic heterocycles. The Kier molecular flexibility index (Phi) is 5.22. The highest BCUT2D eigenvalue weighted by molar-refractivity contribution is 9.10. The molecule has 1 aliphatic rings. The van der Waals surface area contributed by atoms with Crippen LogP contribution < -0.4 is 5.73 Å². The quantitative estimate of drug-likeness (QED) is 0.897. The SMILES string of the molecule is CC(N)(C(=O)N1CCCCCCC1)c1ccc(Br)cc1. The first-order valence-corrected chi connectivity index (χ1v) is 8.15. The summed E-state index contributed by atoms with van der Waals surface area (Å²) in [5.74, 6) is 0.0433. The van der Waals surface area contributed by atoms with Crippen molar-refractivity contribution in [1.82, 2.24) is 4.90 Å². The molecule has 1 unspecified atom stereocenters. The minimum Gasteiger partial charge on any atom is -0.341 e. The number of hydrogen-bond acceptors (Lipinski definition) is 2. The van der Waals surface area contributed by atoms with Crippen LogP contribution in [-0.4, -0.2) is 23.9 Å². The average Bonchev–Trinajstić information content (AvgIpc) is 2.38. The number of nitrogens with two attached hydrogens (primary N) is 1. The van der Waals surface area contributed by atoms with Gasteiger partial charge < -0.3 is 10.6 Å². The maximum absolute atomic E-state index is 12.8. The van der Waals surface area contributed by atoms with E-state index in [2.05, 4.69) is 15.9 Å². The van der Waals surface area contributed by atoms with Crippen LogP contribution in [0.1, 0.15) is 44.6 Å². The first-order chi connectivity index (χ1) is 9.51. The van der Waals surface area contributed by atoms with Crippen LogP contribution in [0.25, 0.3) is 0 Å². The van der Waals surface area contributed by atoms with Crippen LogP contribution in [0.4, 0.5) is 0 Å². The van der Waals surface area contributed by atoms with E-state index in [0.29, 0.717) is 0 Å². The van der Waals surface area contributed by atoms with Gasteiger partial charge in [-0.15, -0.1) is 0 Å². The third-order valence-electron chi connectivity index (χ3n) is 4.03. The standard InChI is InChI=1S/C16H23BrN2O/c1-16(18,13-7-9-14(17)10-8-13)15(20)19-11-5-3-2-4-6-12-19/h7-10H,2-6,11-12,18H2,1H3. The smallest absolute Gasteiger partial charge is 0.246 e. The molecule has 3 nitrogen and oxygen atoms in total. The molecule has 0 spiro atoms. The Labute approximate surface area is 129 Å². The number of nitrogens with zero attached hydrogens (tertiary/aromatic N) is 1. The highest BCUT2D eigenvalue weighted by Crippen LogP contribution is 2.24. The highest BCUT2D eigenvalue weighted by Gasteiger charge is 2.34. The second-order valence-electron chi connectivity index (χ2n) is 5.77. The fraction of sp³-hybridized carbons (Fsp3) is 0.562. The minimum atomic E-state index is -0.945. The molecule has 110 valence electrons. The van der Waals surface area contributed by atoms with Crippen molar-refractivity contribution in [3.05, 3.63) is 34.3 Å². The average molecular weight is 339 g/mol. The molecule has 20 heavy (non-hydrogen) atoms. The number of likely N-dealkylation sites (tertiary alicyclic amines) is 1. The molecule has 2 rings (SSSR count). The fourth-order valence-electron chi connectivity index (χ4n) is 2.70. The van der Waals surface area contributed by atoms with Crippen LogP contribution >= 0.6 is 15.9 Å². The number of carbonyl (C=O) groups excluding carboxylic acids is 1. The van der Waals surface area contributed by atoms with Gasteiger partial charge in [-0.25, -0.2) is 0 Å². The summed E-state index contributed by atoms with van der Waals surface area (Å²) in [6, 6.07) is 7.71. The molecular formula is C16H23BrN2O. The maximum Gasteiger partial charge on any atom is 0.246 e. The van der Waals surface area contributed by atoms with Crippen LogP contribution in [0, 0.1) is 0 Å². The summed E-state index contributed by atoms with van der Waals surface area (Å²) in [7, 11) is 0. The van der Waals surface area contributed by atoms with Gasteiger partial charge >= 0.3 is 0 Å². The number of halogens is 1. The zero-order valence-electron chi connectivity index (χ0n) is 12.1. The van der Waals surface area contributed by atoms with Gasteiger partial charge in [0.15, 0.2) is 0 Å². The lowest BCUT2D eigenvalue weighted by Crippen LogP contribution is -2.51. The molecule has 1 atom stereocenters. The maximum atomic E-state index is 12.8. The van der Waals surface area contributed by atoms with Gasteiger partial charge in [0, 0.05) is 17.6 Å². The number of hydrogen-bond donors (Lipinski definition) is 1. The van der Waals surface area contributed by atoms with Gasteiger partial charge in [-0.3, -0.25) is 4.79 Å². The van der Waals surface area contributed by atoms with Gasteiger partial charge in [-0.2, -0.15) is 0 Å². The van der Waals surface area contributed by atoms with Crippen molar-refractivity contribution in [3.63, 3.8) is 0 Å². The molecule has 1 aromatic rings. The molecule has 1 heterocycles. The van der Waals surface area contributed by atoms with Gasteiger partial charge in [0.2, 0.25) is 5.91 Å². The van der Waals surface area contributed by atoms with Crippen LogP contribution in [0.15, 0.2) is 28.7 Å². The van der Waals surface area contributed by atoms with Gasteiger partial charge in [0.1, 0.15) is 5.54 Å². The molecule has 1 fully saturated rings. The van der Waals surface area contributed by atoms with Crippen molar-refractivity contribution in [2.24, 2.45) is 5.73 Å². The van der Waals surface area contributed by atoms with E-state index in [0.717, 1.165) is 36.0 Å². The Morgan fingerprint density at radius 3 is 2.15 bits per heavy atom. The first kappa shape index (κ1) is 15.5. The number of benzene rings is 1. The number of carbonyl (C=O) groups is 1. The number of amides is 1. The Hall–Kier alpha value is -0.870. The van der Waals surface area contributed by atoms with E-state index in [1.54, 1.807) is 0 Å². The molecule has 1 aliphatic heterocycles. The van der Waals surface area contributed by atoms with Crippen LogP contribution in [0.2, 0.25) is 0 Å². The van der Waals surface area contributed by atoms with Gasteiger partial charge in [0.05, 0.1) is 0 Å². The highest BCUT2D eigenvalue weighted by atomic mass is 79.9. The third kappa shape index (κ3) is 3.61. The second-order valence-corrected chi connectivity index (χ2v) is 6.68. The van der Waals surface area contributed by atoms with E-state index >= 15 is 0 Å². The van der Waals surface area contributed by atoms with Crippen molar-refractivity contribution >= 4 is 21.8 Å². The molecule has 2 N–H and O–H groups in total. The summed E-state index contributed by atoms with van der Waals surface area (Å²) in [6.45, 7) is 3.49. The Bertz CT molecular complexity index is 448. The lowest BCUT2D eigenvalue weighted by atomic mass is 9.91. The van der Waals surface area contributed by atoms with Crippen LogP contribution in [0.3, 0.4) is 0 Å². The third-order valence-corrected chi connectivity index (χ3v) is 4.56. The van der Waals surface area contributed by atoms with Crippen molar-refractivity contribution in [3.8, 4) is 0 Å². The van der Waals surface area contributed by atoms with E-state index in [9.17, 15) is 4.79 Å².